The second-order valence-corrected chi connectivity index (χ2v) is 17.3. The minimum atomic E-state index is -2.08. The summed E-state index contributed by atoms with van der Waals surface area (Å²) in [5.41, 5.74) is 10.2. The van der Waals surface area contributed by atoms with E-state index >= 15 is 0 Å². The van der Waals surface area contributed by atoms with Crippen LogP contribution in [0.1, 0.15) is 0 Å². The summed E-state index contributed by atoms with van der Waals surface area (Å²) in [6.45, 7) is 4.88. The highest BCUT2D eigenvalue weighted by Crippen LogP contribution is 2.42. The van der Waals surface area contributed by atoms with Crippen molar-refractivity contribution in [1.29, 1.82) is 0 Å². The van der Waals surface area contributed by atoms with Crippen LogP contribution in [0.4, 0.5) is 0 Å². The molecule has 6 aromatic carbocycles. The summed E-state index contributed by atoms with van der Waals surface area (Å²) in [5.74, 6) is 0.702. The molecule has 0 aliphatic carbocycles. The molecule has 0 unspecified atom stereocenters. The van der Waals surface area contributed by atoms with Gasteiger partial charge in [0.1, 0.15) is 8.07 Å². The van der Waals surface area contributed by atoms with E-state index in [4.69, 9.17) is 9.97 Å². The number of rotatable bonds is 3. The first-order chi connectivity index (χ1) is 23.1. The van der Waals surface area contributed by atoms with E-state index in [2.05, 4.69) is 168 Å². The molecular weight excluding hydrogens is 589 g/mol. The molecule has 10 rings (SSSR count). The zero-order chi connectivity index (χ0) is 31.3. The smallest absolute Gasteiger partial charge is 0.235 e. The Balaban J connectivity index is 1.42. The molecule has 0 bridgehead atoms. The first-order valence-electron chi connectivity index (χ1n) is 16.2. The highest BCUT2D eigenvalue weighted by Gasteiger charge is 2.42. The third kappa shape index (κ3) is 3.57. The number of benzene rings is 6. The van der Waals surface area contributed by atoms with Gasteiger partial charge in [-0.2, -0.15) is 0 Å². The van der Waals surface area contributed by atoms with Crippen LogP contribution in [0, 0.1) is 0 Å². The van der Waals surface area contributed by atoms with Gasteiger partial charge in [-0.05, 0) is 40.2 Å². The summed E-state index contributed by atoms with van der Waals surface area (Å²) in [7, 11) is -2.08. The SMILES string of the molecule is C[Si]1(C)c2ccccc2-c2nc(-n3c4ccccc4c4ccc5c6ccccc6n(-c6ccccc6)c5c43)nc(-c3ccccc3)c21. The molecule has 4 nitrogen and oxygen atoms in total. The minimum absolute atomic E-state index is 0.702. The monoisotopic (exact) mass is 618 g/mol. The van der Waals surface area contributed by atoms with Crippen LogP contribution in [0.2, 0.25) is 13.1 Å². The maximum Gasteiger partial charge on any atom is 0.235 e. The van der Waals surface area contributed by atoms with Gasteiger partial charge in [0, 0.05) is 32.8 Å². The molecule has 0 atom stereocenters. The molecule has 5 heteroatoms. The Morgan fingerprint density at radius 3 is 1.70 bits per heavy atom. The van der Waals surface area contributed by atoms with E-state index in [1.807, 2.05) is 0 Å². The van der Waals surface area contributed by atoms with Gasteiger partial charge in [0.2, 0.25) is 5.95 Å². The molecule has 222 valence electrons. The first kappa shape index (κ1) is 26.4. The van der Waals surface area contributed by atoms with Crippen molar-refractivity contribution in [3.8, 4) is 34.2 Å². The average Bonchev–Trinajstić information content (AvgIpc) is 3.72. The van der Waals surface area contributed by atoms with Crippen molar-refractivity contribution in [2.45, 2.75) is 13.1 Å². The van der Waals surface area contributed by atoms with Gasteiger partial charge in [-0.25, -0.2) is 9.97 Å². The fourth-order valence-corrected chi connectivity index (χ4v) is 11.3. The Bertz CT molecular complexity index is 2700. The Labute approximate surface area is 273 Å². The van der Waals surface area contributed by atoms with Crippen molar-refractivity contribution in [1.82, 2.24) is 19.1 Å². The van der Waals surface area contributed by atoms with Crippen LogP contribution in [0.5, 0.6) is 0 Å². The van der Waals surface area contributed by atoms with Crippen LogP contribution in [-0.4, -0.2) is 27.2 Å². The number of fused-ring (bicyclic) bond motifs is 10. The van der Waals surface area contributed by atoms with Crippen molar-refractivity contribution >= 4 is 62.1 Å². The lowest BCUT2D eigenvalue weighted by Gasteiger charge is -2.22. The molecule has 0 amide bonds. The van der Waals surface area contributed by atoms with Crippen LogP contribution < -0.4 is 10.4 Å². The molecule has 0 radical (unpaired) electrons. The minimum Gasteiger partial charge on any atom is -0.307 e. The van der Waals surface area contributed by atoms with Crippen molar-refractivity contribution in [3.63, 3.8) is 0 Å². The van der Waals surface area contributed by atoms with E-state index in [1.54, 1.807) is 0 Å². The third-order valence-electron chi connectivity index (χ3n) is 10.1. The lowest BCUT2D eigenvalue weighted by atomic mass is 10.1. The number of hydrogen-bond donors (Lipinski definition) is 0. The lowest BCUT2D eigenvalue weighted by molar-refractivity contribution is 1.00. The Hall–Kier alpha value is -5.78. The Kier molecular flexibility index (Phi) is 5.41. The standard InChI is InChI=1S/C42H30N4Si/c1-47(2)36-24-14-11-21-33(36)38-41(47)37(27-15-5-3-6-16-27)43-42(44-38)46-35-23-13-10-20-30(35)32-26-25-31-29-19-9-12-22-34(29)45(39(31)40(32)46)28-17-7-4-8-18-28/h3-26H,1-2H3. The lowest BCUT2D eigenvalue weighted by Crippen LogP contribution is -2.50. The van der Waals surface area contributed by atoms with Crippen LogP contribution in [0.25, 0.3) is 77.8 Å². The zero-order valence-corrected chi connectivity index (χ0v) is 27.1. The molecule has 0 spiro atoms. The maximum absolute atomic E-state index is 5.58. The van der Waals surface area contributed by atoms with Gasteiger partial charge in [-0.15, -0.1) is 0 Å². The maximum atomic E-state index is 5.58. The van der Waals surface area contributed by atoms with Gasteiger partial charge in [0.05, 0.1) is 33.5 Å². The van der Waals surface area contributed by atoms with Gasteiger partial charge >= 0.3 is 0 Å². The summed E-state index contributed by atoms with van der Waals surface area (Å²) < 4.78 is 4.74. The summed E-state index contributed by atoms with van der Waals surface area (Å²) in [4.78, 5) is 11.1. The molecule has 0 saturated carbocycles. The van der Waals surface area contributed by atoms with Crippen LogP contribution in [-0.2, 0) is 0 Å². The summed E-state index contributed by atoms with van der Waals surface area (Å²) >= 11 is 0. The molecule has 1 aliphatic heterocycles. The van der Waals surface area contributed by atoms with Crippen LogP contribution >= 0.6 is 0 Å². The summed E-state index contributed by atoms with van der Waals surface area (Å²) in [5, 5.41) is 7.56. The fraction of sp³-hybridized carbons (Fsp3) is 0.0476. The molecular formula is C42H30N4Si. The molecule has 0 saturated heterocycles. The van der Waals surface area contributed by atoms with Gasteiger partial charge in [-0.3, -0.25) is 4.57 Å². The topological polar surface area (TPSA) is 35.6 Å². The largest absolute Gasteiger partial charge is 0.307 e. The van der Waals surface area contributed by atoms with E-state index in [9.17, 15) is 0 Å². The Morgan fingerprint density at radius 1 is 0.468 bits per heavy atom. The quantitative estimate of drug-likeness (QED) is 0.185. The molecule has 9 aromatic rings. The van der Waals surface area contributed by atoms with Gasteiger partial charge < -0.3 is 4.57 Å². The van der Waals surface area contributed by atoms with E-state index in [0.717, 1.165) is 39.2 Å². The van der Waals surface area contributed by atoms with E-state index in [1.165, 1.54) is 43.0 Å². The van der Waals surface area contributed by atoms with Gasteiger partial charge in [-0.1, -0.05) is 134 Å². The van der Waals surface area contributed by atoms with E-state index in [0.29, 0.717) is 5.95 Å². The highest BCUT2D eigenvalue weighted by molar-refractivity contribution is 7.04. The molecule has 3 aromatic heterocycles. The first-order valence-corrected chi connectivity index (χ1v) is 19.2. The molecule has 47 heavy (non-hydrogen) atoms. The predicted molar refractivity (Wildman–Crippen MR) is 198 cm³/mol. The second-order valence-electron chi connectivity index (χ2n) is 13.0. The van der Waals surface area contributed by atoms with Crippen LogP contribution in [0.3, 0.4) is 0 Å². The van der Waals surface area contributed by atoms with E-state index in [-0.39, 0.29) is 0 Å². The second kappa shape index (κ2) is 9.61. The van der Waals surface area contributed by atoms with Crippen molar-refractivity contribution in [2.75, 3.05) is 0 Å². The van der Waals surface area contributed by atoms with Gasteiger partial charge in [0.15, 0.2) is 0 Å². The molecule has 4 heterocycles. The highest BCUT2D eigenvalue weighted by atomic mass is 28.3. The van der Waals surface area contributed by atoms with Crippen molar-refractivity contribution in [2.24, 2.45) is 0 Å². The number of nitrogens with zero attached hydrogens (tertiary/aromatic N) is 4. The summed E-state index contributed by atoms with van der Waals surface area (Å²) in [6, 6.07) is 52.3. The number of hydrogen-bond acceptors (Lipinski definition) is 2. The van der Waals surface area contributed by atoms with Crippen molar-refractivity contribution < 1.29 is 0 Å². The fourth-order valence-electron chi connectivity index (χ4n) is 8.06. The molecule has 1 aliphatic rings. The van der Waals surface area contributed by atoms with Crippen LogP contribution in [0.15, 0.2) is 146 Å². The predicted octanol–water partition coefficient (Wildman–Crippen LogP) is 9.14. The normalized spacial score (nSPS) is 13.5. The average molecular weight is 619 g/mol. The van der Waals surface area contributed by atoms with Gasteiger partial charge in [0.25, 0.3) is 0 Å². The third-order valence-corrected chi connectivity index (χ3v) is 13.6. The number of aromatic nitrogens is 4. The zero-order valence-electron chi connectivity index (χ0n) is 26.1. The number of para-hydroxylation sites is 3. The van der Waals surface area contributed by atoms with Crippen molar-refractivity contribution in [3.05, 3.63) is 146 Å². The Morgan fingerprint density at radius 2 is 1.00 bits per heavy atom. The summed E-state index contributed by atoms with van der Waals surface area (Å²) in [6.07, 6.45) is 0. The molecule has 0 N–H and O–H groups in total. The van der Waals surface area contributed by atoms with E-state index < -0.39 is 8.07 Å². The molecule has 0 fully saturated rings.